The van der Waals surface area contributed by atoms with Crippen LogP contribution >= 0.6 is 0 Å². The largest absolute Gasteiger partial charge is 0.507 e. The van der Waals surface area contributed by atoms with Gasteiger partial charge in [-0.25, -0.2) is 4.79 Å². The zero-order valence-corrected chi connectivity index (χ0v) is 7.11. The maximum absolute atomic E-state index is 10.3. The van der Waals surface area contributed by atoms with Crippen molar-refractivity contribution in [2.75, 3.05) is 0 Å². The topological polar surface area (TPSA) is 57.5 Å². The second-order valence-electron chi connectivity index (χ2n) is 1.82. The molecule has 0 aliphatic heterocycles. The number of carbonyl (C=O) groups is 1. The highest BCUT2D eigenvalue weighted by Crippen LogP contribution is 2.14. The fraction of sp³-hybridized carbons (Fsp3) is 0.364. The van der Waals surface area contributed by atoms with Crippen LogP contribution in [0.1, 0.15) is 39.1 Å². The number of rotatable bonds is 1. The fourth-order valence-corrected chi connectivity index (χ4v) is 0.654. The molecule has 0 unspecified atom stereocenters. The second kappa shape index (κ2) is 9.58. The molecule has 0 bridgehead atoms. The Morgan fingerprint density at radius 2 is 1.57 bits per heavy atom. The number of benzene rings is 1. The standard InChI is InChI=1S/C7H6O3.C2H6.2CH4/c8-6-4-2-1-3-5(6)7(9)10;1-2;;/h1-4,8H,(H,9,10);1-2H3;2*1H4. The normalized spacial score (nSPS) is 7.00. The van der Waals surface area contributed by atoms with Crippen LogP contribution in [0.2, 0.25) is 0 Å². The van der Waals surface area contributed by atoms with Crippen molar-refractivity contribution in [1.82, 2.24) is 0 Å². The summed E-state index contributed by atoms with van der Waals surface area (Å²) < 4.78 is 0. The zero-order valence-electron chi connectivity index (χ0n) is 7.11. The van der Waals surface area contributed by atoms with Gasteiger partial charge >= 0.3 is 5.97 Å². The maximum atomic E-state index is 10.3. The Hall–Kier alpha value is -1.51. The van der Waals surface area contributed by atoms with Crippen LogP contribution in [0.4, 0.5) is 0 Å². The third-order valence-electron chi connectivity index (χ3n) is 1.13. The Labute approximate surface area is 86.0 Å². The van der Waals surface area contributed by atoms with Gasteiger partial charge in [-0.3, -0.25) is 0 Å². The number of carboxylic acids is 1. The smallest absolute Gasteiger partial charge is 0.339 e. The van der Waals surface area contributed by atoms with E-state index in [0.717, 1.165) is 0 Å². The first-order valence-electron chi connectivity index (χ1n) is 3.73. The van der Waals surface area contributed by atoms with E-state index in [-0.39, 0.29) is 26.2 Å². The molecule has 0 aliphatic carbocycles. The molecule has 3 nitrogen and oxygen atoms in total. The highest BCUT2D eigenvalue weighted by molar-refractivity contribution is 5.90. The minimum atomic E-state index is -1.11. The van der Waals surface area contributed by atoms with E-state index in [2.05, 4.69) is 0 Å². The maximum Gasteiger partial charge on any atom is 0.339 e. The van der Waals surface area contributed by atoms with Crippen LogP contribution < -0.4 is 0 Å². The lowest BCUT2D eigenvalue weighted by molar-refractivity contribution is 0.0694. The first-order valence-corrected chi connectivity index (χ1v) is 3.73. The van der Waals surface area contributed by atoms with Crippen molar-refractivity contribution in [3.05, 3.63) is 29.8 Å². The van der Waals surface area contributed by atoms with Crippen LogP contribution in [0.3, 0.4) is 0 Å². The molecule has 0 heterocycles. The van der Waals surface area contributed by atoms with Gasteiger partial charge in [-0.05, 0) is 12.1 Å². The van der Waals surface area contributed by atoms with Gasteiger partial charge in [0.15, 0.2) is 0 Å². The molecule has 0 aromatic heterocycles. The third kappa shape index (κ3) is 5.19. The van der Waals surface area contributed by atoms with E-state index in [1.165, 1.54) is 12.1 Å². The van der Waals surface area contributed by atoms with Gasteiger partial charge in [-0.2, -0.15) is 0 Å². The van der Waals surface area contributed by atoms with Crippen molar-refractivity contribution in [3.8, 4) is 5.75 Å². The van der Waals surface area contributed by atoms with E-state index < -0.39 is 5.97 Å². The minimum absolute atomic E-state index is 0. The first kappa shape index (κ1) is 18.3. The predicted octanol–water partition coefficient (Wildman–Crippen LogP) is 3.39. The SMILES string of the molecule is C.C.CC.O=C(O)c1ccccc1O. The number of phenols is 1. The van der Waals surface area contributed by atoms with E-state index in [0.29, 0.717) is 0 Å². The summed E-state index contributed by atoms with van der Waals surface area (Å²) in [5.41, 5.74) is -0.0671. The summed E-state index contributed by atoms with van der Waals surface area (Å²) in [6.45, 7) is 4.00. The van der Waals surface area contributed by atoms with Crippen LogP contribution in [0.5, 0.6) is 5.75 Å². The molecule has 0 amide bonds. The molecule has 3 heteroatoms. The molecule has 14 heavy (non-hydrogen) atoms. The van der Waals surface area contributed by atoms with Crippen LogP contribution in [0, 0.1) is 0 Å². The number of para-hydroxylation sites is 1. The summed E-state index contributed by atoms with van der Waals surface area (Å²) in [4.78, 5) is 10.3. The van der Waals surface area contributed by atoms with Gasteiger partial charge < -0.3 is 10.2 Å². The molecule has 0 atom stereocenters. The third-order valence-corrected chi connectivity index (χ3v) is 1.13. The number of carboxylic acid groups (broad SMARTS) is 1. The highest BCUT2D eigenvalue weighted by atomic mass is 16.4. The Bertz CT molecular complexity index is 256. The Morgan fingerprint density at radius 3 is 1.86 bits per heavy atom. The van der Waals surface area contributed by atoms with E-state index in [9.17, 15) is 4.79 Å². The summed E-state index contributed by atoms with van der Waals surface area (Å²) in [5.74, 6) is -1.31. The monoisotopic (exact) mass is 200 g/mol. The predicted molar refractivity (Wildman–Crippen MR) is 59.9 cm³/mol. The van der Waals surface area contributed by atoms with Crippen molar-refractivity contribution >= 4 is 5.97 Å². The molecule has 1 aromatic carbocycles. The van der Waals surface area contributed by atoms with Gasteiger partial charge in [-0.1, -0.05) is 40.8 Å². The molecule has 0 aliphatic rings. The fourth-order valence-electron chi connectivity index (χ4n) is 0.654. The number of aromatic hydroxyl groups is 1. The Morgan fingerprint density at radius 1 is 1.14 bits per heavy atom. The number of hydrogen-bond donors (Lipinski definition) is 2. The molecule has 1 aromatic rings. The summed E-state index contributed by atoms with van der Waals surface area (Å²) in [5, 5.41) is 17.3. The zero-order chi connectivity index (χ0) is 9.56. The summed E-state index contributed by atoms with van der Waals surface area (Å²) in [7, 11) is 0. The van der Waals surface area contributed by atoms with E-state index in [1.54, 1.807) is 12.1 Å². The number of hydrogen-bond acceptors (Lipinski definition) is 2. The van der Waals surface area contributed by atoms with Crippen molar-refractivity contribution in [1.29, 1.82) is 0 Å². The van der Waals surface area contributed by atoms with Gasteiger partial charge in [0.1, 0.15) is 11.3 Å². The molecule has 2 N–H and O–H groups in total. The summed E-state index contributed by atoms with van der Waals surface area (Å²) in [6, 6.07) is 5.81. The minimum Gasteiger partial charge on any atom is -0.507 e. The molecular weight excluding hydrogens is 180 g/mol. The molecule has 0 fully saturated rings. The van der Waals surface area contributed by atoms with Crippen molar-refractivity contribution in [2.45, 2.75) is 28.7 Å². The van der Waals surface area contributed by atoms with Crippen molar-refractivity contribution in [2.24, 2.45) is 0 Å². The molecule has 0 saturated heterocycles. The van der Waals surface area contributed by atoms with Gasteiger partial charge in [0.25, 0.3) is 0 Å². The molecule has 82 valence electrons. The van der Waals surface area contributed by atoms with Crippen LogP contribution in [0.15, 0.2) is 24.3 Å². The van der Waals surface area contributed by atoms with Crippen LogP contribution in [0.25, 0.3) is 0 Å². The molecular formula is C11H20O3. The van der Waals surface area contributed by atoms with Crippen molar-refractivity contribution in [3.63, 3.8) is 0 Å². The van der Waals surface area contributed by atoms with E-state index in [4.69, 9.17) is 10.2 Å². The second-order valence-corrected chi connectivity index (χ2v) is 1.82. The molecule has 0 saturated carbocycles. The van der Waals surface area contributed by atoms with Crippen LogP contribution in [-0.4, -0.2) is 16.2 Å². The summed E-state index contributed by atoms with van der Waals surface area (Å²) in [6.07, 6.45) is 0. The van der Waals surface area contributed by atoms with Gasteiger partial charge in [0, 0.05) is 0 Å². The first-order chi connectivity index (χ1) is 5.72. The van der Waals surface area contributed by atoms with E-state index >= 15 is 0 Å². The van der Waals surface area contributed by atoms with E-state index in [1.807, 2.05) is 13.8 Å². The Balaban J connectivity index is -0.000000284. The Kier molecular flexibility index (Phi) is 12.5. The number of aromatic carboxylic acids is 1. The van der Waals surface area contributed by atoms with Gasteiger partial charge in [0.05, 0.1) is 0 Å². The average Bonchev–Trinajstić information content (AvgIpc) is 2.08. The highest BCUT2D eigenvalue weighted by Gasteiger charge is 2.05. The lowest BCUT2D eigenvalue weighted by Crippen LogP contribution is -1.95. The lowest BCUT2D eigenvalue weighted by Gasteiger charge is -1.95. The summed E-state index contributed by atoms with van der Waals surface area (Å²) >= 11 is 0. The van der Waals surface area contributed by atoms with Gasteiger partial charge in [0.2, 0.25) is 0 Å². The molecule has 0 radical (unpaired) electrons. The van der Waals surface area contributed by atoms with Crippen LogP contribution in [-0.2, 0) is 0 Å². The average molecular weight is 200 g/mol. The molecule has 1 rings (SSSR count). The lowest BCUT2D eigenvalue weighted by atomic mass is 10.2. The molecule has 0 spiro atoms. The van der Waals surface area contributed by atoms with Crippen molar-refractivity contribution < 1.29 is 15.0 Å². The quantitative estimate of drug-likeness (QED) is 0.730. The van der Waals surface area contributed by atoms with Gasteiger partial charge in [-0.15, -0.1) is 0 Å².